The fraction of sp³-hybridized carbons (Fsp3) is 0.833. The van der Waals surface area contributed by atoms with E-state index in [1.165, 1.54) is 0 Å². The van der Waals surface area contributed by atoms with Gasteiger partial charge in [0.15, 0.2) is 0 Å². The molecule has 1 amide bonds. The number of carbonyl (C=O) groups is 2. The number of likely N-dealkylation sites (tertiary alicyclic amines) is 1. The lowest BCUT2D eigenvalue weighted by atomic mass is 10.0. The summed E-state index contributed by atoms with van der Waals surface area (Å²) in [5.41, 5.74) is -0.777. The molecular weight excluding hydrogens is 222 g/mol. The Hall–Kier alpha value is -1.10. The van der Waals surface area contributed by atoms with E-state index in [9.17, 15) is 14.7 Å². The third-order valence-electron chi connectivity index (χ3n) is 3.89. The van der Waals surface area contributed by atoms with E-state index < -0.39 is 11.6 Å². The van der Waals surface area contributed by atoms with Crippen molar-refractivity contribution in [1.82, 2.24) is 4.90 Å². The number of β-amino-alcohol motifs (C(OH)–C–C–N with tert-alkyl or cyclic N) is 1. The number of carboxylic acids is 1. The van der Waals surface area contributed by atoms with Gasteiger partial charge in [0, 0.05) is 19.0 Å². The molecule has 1 unspecified atom stereocenters. The highest BCUT2D eigenvalue weighted by atomic mass is 16.4. The second-order valence-electron chi connectivity index (χ2n) is 5.55. The van der Waals surface area contributed by atoms with Crippen LogP contribution in [0.3, 0.4) is 0 Å². The Morgan fingerprint density at radius 2 is 1.94 bits per heavy atom. The Labute approximate surface area is 100 Å². The fourth-order valence-electron chi connectivity index (χ4n) is 2.82. The molecule has 17 heavy (non-hydrogen) atoms. The Bertz CT molecular complexity index is 339. The number of carbonyl (C=O) groups excluding carboxylic acids is 1. The highest BCUT2D eigenvalue weighted by molar-refractivity contribution is 5.81. The summed E-state index contributed by atoms with van der Waals surface area (Å²) in [7, 11) is 0. The molecule has 0 aromatic rings. The molecule has 0 aromatic heterocycles. The second-order valence-corrected chi connectivity index (χ2v) is 5.55. The van der Waals surface area contributed by atoms with Crippen LogP contribution >= 0.6 is 0 Å². The molecule has 3 atom stereocenters. The smallest absolute Gasteiger partial charge is 0.306 e. The van der Waals surface area contributed by atoms with E-state index >= 15 is 0 Å². The number of amides is 1. The molecular formula is C12H19NO4. The highest BCUT2D eigenvalue weighted by Gasteiger charge is 2.40. The van der Waals surface area contributed by atoms with E-state index in [0.717, 1.165) is 0 Å². The molecule has 0 aromatic carbocycles. The van der Waals surface area contributed by atoms with Crippen molar-refractivity contribution in [2.24, 2.45) is 11.8 Å². The van der Waals surface area contributed by atoms with Crippen molar-refractivity contribution in [2.45, 2.75) is 38.2 Å². The minimum absolute atomic E-state index is 0.0199. The summed E-state index contributed by atoms with van der Waals surface area (Å²) in [5, 5.41) is 18.7. The van der Waals surface area contributed by atoms with E-state index in [-0.39, 0.29) is 17.7 Å². The topological polar surface area (TPSA) is 77.8 Å². The van der Waals surface area contributed by atoms with Crippen LogP contribution in [0.25, 0.3) is 0 Å². The zero-order valence-corrected chi connectivity index (χ0v) is 10.1. The van der Waals surface area contributed by atoms with Gasteiger partial charge in [-0.2, -0.15) is 0 Å². The number of hydrogen-bond donors (Lipinski definition) is 2. The maximum Gasteiger partial charge on any atom is 0.306 e. The minimum Gasteiger partial charge on any atom is -0.481 e. The van der Waals surface area contributed by atoms with Gasteiger partial charge in [0.05, 0.1) is 11.5 Å². The molecule has 2 N–H and O–H groups in total. The van der Waals surface area contributed by atoms with E-state index in [2.05, 4.69) is 0 Å². The second kappa shape index (κ2) is 4.29. The van der Waals surface area contributed by atoms with Gasteiger partial charge in [0.2, 0.25) is 5.91 Å². The molecule has 1 saturated carbocycles. The van der Waals surface area contributed by atoms with Crippen LogP contribution in [-0.2, 0) is 9.59 Å². The third-order valence-corrected chi connectivity index (χ3v) is 3.89. The van der Waals surface area contributed by atoms with Crippen LogP contribution in [-0.4, -0.2) is 45.7 Å². The molecule has 2 fully saturated rings. The lowest BCUT2D eigenvalue weighted by molar-refractivity contribution is -0.141. The van der Waals surface area contributed by atoms with Crippen molar-refractivity contribution in [3.8, 4) is 0 Å². The van der Waals surface area contributed by atoms with Crippen molar-refractivity contribution < 1.29 is 19.8 Å². The molecule has 1 heterocycles. The van der Waals surface area contributed by atoms with Crippen molar-refractivity contribution >= 4 is 11.9 Å². The summed E-state index contributed by atoms with van der Waals surface area (Å²) in [6.45, 7) is 2.69. The number of aliphatic hydroxyl groups is 1. The lowest BCUT2D eigenvalue weighted by Crippen LogP contribution is -2.37. The fourth-order valence-corrected chi connectivity index (χ4v) is 2.82. The lowest BCUT2D eigenvalue weighted by Gasteiger charge is -2.22. The Kier molecular flexibility index (Phi) is 3.12. The predicted octanol–water partition coefficient (Wildman–Crippen LogP) is 0.471. The normalized spacial score (nSPS) is 37.4. The van der Waals surface area contributed by atoms with Gasteiger partial charge in [-0.1, -0.05) is 0 Å². The summed E-state index contributed by atoms with van der Waals surface area (Å²) < 4.78 is 0. The van der Waals surface area contributed by atoms with Crippen LogP contribution in [0.15, 0.2) is 0 Å². The first-order valence-corrected chi connectivity index (χ1v) is 6.13. The average molecular weight is 241 g/mol. The maximum absolute atomic E-state index is 12.1. The average Bonchev–Trinajstić information content (AvgIpc) is 2.83. The van der Waals surface area contributed by atoms with Crippen LogP contribution in [0.4, 0.5) is 0 Å². The Morgan fingerprint density at radius 1 is 1.29 bits per heavy atom. The number of rotatable bonds is 2. The molecule has 0 radical (unpaired) electrons. The van der Waals surface area contributed by atoms with Crippen LogP contribution < -0.4 is 0 Å². The van der Waals surface area contributed by atoms with E-state index in [1.807, 2.05) is 0 Å². The van der Waals surface area contributed by atoms with Crippen molar-refractivity contribution in [3.63, 3.8) is 0 Å². The molecule has 0 spiro atoms. The van der Waals surface area contributed by atoms with Gasteiger partial charge >= 0.3 is 5.97 Å². The van der Waals surface area contributed by atoms with Gasteiger partial charge < -0.3 is 15.1 Å². The van der Waals surface area contributed by atoms with Gasteiger partial charge in [0.1, 0.15) is 0 Å². The predicted molar refractivity (Wildman–Crippen MR) is 60.3 cm³/mol. The van der Waals surface area contributed by atoms with Crippen molar-refractivity contribution in [1.29, 1.82) is 0 Å². The zero-order chi connectivity index (χ0) is 12.6. The van der Waals surface area contributed by atoms with Gasteiger partial charge in [-0.05, 0) is 32.6 Å². The zero-order valence-electron chi connectivity index (χ0n) is 10.1. The van der Waals surface area contributed by atoms with Gasteiger partial charge in [-0.25, -0.2) is 0 Å². The maximum atomic E-state index is 12.1. The van der Waals surface area contributed by atoms with Gasteiger partial charge in [-0.3, -0.25) is 9.59 Å². The summed E-state index contributed by atoms with van der Waals surface area (Å²) in [6.07, 6.45) is 2.31. The van der Waals surface area contributed by atoms with Gasteiger partial charge in [0.25, 0.3) is 0 Å². The quantitative estimate of drug-likeness (QED) is 0.736. The van der Waals surface area contributed by atoms with E-state index in [4.69, 9.17) is 5.11 Å². The Balaban J connectivity index is 1.92. The molecule has 5 heteroatoms. The molecule has 96 valence electrons. The van der Waals surface area contributed by atoms with Gasteiger partial charge in [-0.15, -0.1) is 0 Å². The number of aliphatic carboxylic acids is 1. The van der Waals surface area contributed by atoms with Crippen LogP contribution in [0.1, 0.15) is 32.6 Å². The number of carboxylic acid groups (broad SMARTS) is 1. The minimum atomic E-state index is -0.797. The Morgan fingerprint density at radius 3 is 2.41 bits per heavy atom. The summed E-state index contributed by atoms with van der Waals surface area (Å²) in [5.74, 6) is -1.31. The molecule has 1 aliphatic carbocycles. The standard InChI is InChI=1S/C12H19NO4/c1-12(17)4-5-13(7-12)10(14)8-2-3-9(6-8)11(15)16/h8-9,17H,2-7H2,1H3,(H,15,16)/t8-,9+,12?/m1/s1. The first-order chi connectivity index (χ1) is 7.89. The largest absolute Gasteiger partial charge is 0.481 e. The highest BCUT2D eigenvalue weighted by Crippen LogP contribution is 2.34. The molecule has 1 aliphatic heterocycles. The van der Waals surface area contributed by atoms with E-state index in [1.54, 1.807) is 11.8 Å². The monoisotopic (exact) mass is 241 g/mol. The van der Waals surface area contributed by atoms with Crippen molar-refractivity contribution in [3.05, 3.63) is 0 Å². The molecule has 2 rings (SSSR count). The first kappa shape index (κ1) is 12.4. The number of hydrogen-bond acceptors (Lipinski definition) is 3. The van der Waals surface area contributed by atoms with Crippen LogP contribution in [0, 0.1) is 11.8 Å². The third kappa shape index (κ3) is 2.60. The van der Waals surface area contributed by atoms with Crippen LogP contribution in [0.2, 0.25) is 0 Å². The molecule has 1 saturated heterocycles. The molecule has 2 aliphatic rings. The summed E-state index contributed by atoms with van der Waals surface area (Å²) >= 11 is 0. The van der Waals surface area contributed by atoms with Crippen LogP contribution in [0.5, 0.6) is 0 Å². The number of nitrogens with zero attached hydrogens (tertiary/aromatic N) is 1. The summed E-state index contributed by atoms with van der Waals surface area (Å²) in [6, 6.07) is 0. The molecule has 5 nitrogen and oxygen atoms in total. The van der Waals surface area contributed by atoms with Crippen molar-refractivity contribution in [2.75, 3.05) is 13.1 Å². The summed E-state index contributed by atoms with van der Waals surface area (Å²) in [4.78, 5) is 24.6. The SMILES string of the molecule is CC1(O)CCN(C(=O)[C@@H]2CC[C@H](C(=O)O)C2)C1. The first-order valence-electron chi connectivity index (χ1n) is 6.13. The molecule has 0 bridgehead atoms. The van der Waals surface area contributed by atoms with E-state index in [0.29, 0.717) is 38.8 Å².